The van der Waals surface area contributed by atoms with E-state index in [2.05, 4.69) is 20.6 Å². The predicted molar refractivity (Wildman–Crippen MR) is 68.5 cm³/mol. The number of β-amino-alcohol motifs (C(OH)–C–C–N with tert-alkyl or cyclic N) is 1. The van der Waals surface area contributed by atoms with Gasteiger partial charge in [-0.3, -0.25) is 0 Å². The van der Waals surface area contributed by atoms with Gasteiger partial charge < -0.3 is 26.2 Å². The zero-order valence-corrected chi connectivity index (χ0v) is 10.6. The van der Waals surface area contributed by atoms with Gasteiger partial charge in [-0.15, -0.1) is 0 Å². The molecule has 1 aromatic rings. The number of aromatic nitrogens is 2. The van der Waals surface area contributed by atoms with Crippen molar-refractivity contribution in [2.45, 2.75) is 32.1 Å². The van der Waals surface area contributed by atoms with Crippen LogP contribution in [-0.4, -0.2) is 46.4 Å². The van der Waals surface area contributed by atoms with E-state index in [1.807, 2.05) is 13.8 Å². The first-order valence-electron chi connectivity index (χ1n) is 6.01. The van der Waals surface area contributed by atoms with Crippen LogP contribution in [0.1, 0.15) is 13.8 Å². The van der Waals surface area contributed by atoms with Crippen LogP contribution >= 0.6 is 0 Å². The SMILES string of the molecule is CC(C)Oc1cc(N[C@@H]2CNC[C@H]2O)nc(N)n1. The summed E-state index contributed by atoms with van der Waals surface area (Å²) in [5, 5.41) is 15.9. The van der Waals surface area contributed by atoms with E-state index in [4.69, 9.17) is 10.5 Å². The Morgan fingerprint density at radius 3 is 2.89 bits per heavy atom. The van der Waals surface area contributed by atoms with E-state index in [1.165, 1.54) is 0 Å². The van der Waals surface area contributed by atoms with E-state index in [9.17, 15) is 5.11 Å². The summed E-state index contributed by atoms with van der Waals surface area (Å²) in [6.07, 6.45) is -0.415. The van der Waals surface area contributed by atoms with Crippen molar-refractivity contribution in [1.29, 1.82) is 0 Å². The molecular weight excluding hydrogens is 234 g/mol. The average Bonchev–Trinajstić information content (AvgIpc) is 2.62. The van der Waals surface area contributed by atoms with Gasteiger partial charge in [0.25, 0.3) is 0 Å². The van der Waals surface area contributed by atoms with Crippen molar-refractivity contribution in [3.63, 3.8) is 0 Å². The van der Waals surface area contributed by atoms with Crippen LogP contribution in [0.2, 0.25) is 0 Å². The van der Waals surface area contributed by atoms with E-state index in [0.29, 0.717) is 24.8 Å². The first-order valence-corrected chi connectivity index (χ1v) is 6.01. The maximum absolute atomic E-state index is 9.70. The molecule has 1 aliphatic heterocycles. The van der Waals surface area contributed by atoms with Crippen LogP contribution < -0.4 is 21.1 Å². The van der Waals surface area contributed by atoms with Gasteiger partial charge in [-0.1, -0.05) is 0 Å². The second-order valence-electron chi connectivity index (χ2n) is 4.59. The Morgan fingerprint density at radius 2 is 2.28 bits per heavy atom. The Morgan fingerprint density at radius 1 is 1.50 bits per heavy atom. The highest BCUT2D eigenvalue weighted by Crippen LogP contribution is 2.17. The molecule has 0 unspecified atom stereocenters. The van der Waals surface area contributed by atoms with Crippen molar-refractivity contribution in [2.75, 3.05) is 24.1 Å². The van der Waals surface area contributed by atoms with Gasteiger partial charge in [0.2, 0.25) is 11.8 Å². The molecular formula is C11H19N5O2. The summed E-state index contributed by atoms with van der Waals surface area (Å²) < 4.78 is 5.48. The van der Waals surface area contributed by atoms with Crippen LogP contribution in [0.3, 0.4) is 0 Å². The fraction of sp³-hybridized carbons (Fsp3) is 0.636. The Bertz CT molecular complexity index is 412. The lowest BCUT2D eigenvalue weighted by Crippen LogP contribution is -2.32. The minimum atomic E-state index is -0.435. The van der Waals surface area contributed by atoms with Gasteiger partial charge in [0.1, 0.15) is 5.82 Å². The van der Waals surface area contributed by atoms with Crippen LogP contribution in [0.15, 0.2) is 6.07 Å². The highest BCUT2D eigenvalue weighted by molar-refractivity contribution is 5.44. The van der Waals surface area contributed by atoms with Crippen molar-refractivity contribution in [3.8, 4) is 5.88 Å². The molecule has 5 N–H and O–H groups in total. The number of nitrogens with zero attached hydrogens (tertiary/aromatic N) is 2. The lowest BCUT2D eigenvalue weighted by Gasteiger charge is -2.17. The number of hydrogen-bond acceptors (Lipinski definition) is 7. The zero-order chi connectivity index (χ0) is 13.1. The Hall–Kier alpha value is -1.60. The highest BCUT2D eigenvalue weighted by Gasteiger charge is 2.25. The largest absolute Gasteiger partial charge is 0.475 e. The molecule has 0 aromatic carbocycles. The molecule has 1 saturated heterocycles. The molecule has 1 aliphatic rings. The number of anilines is 2. The van der Waals surface area contributed by atoms with Gasteiger partial charge >= 0.3 is 0 Å². The van der Waals surface area contributed by atoms with Gasteiger partial charge in [0.15, 0.2) is 0 Å². The van der Waals surface area contributed by atoms with Crippen LogP contribution in [0.25, 0.3) is 0 Å². The summed E-state index contributed by atoms with van der Waals surface area (Å²) in [4.78, 5) is 8.07. The number of nitrogens with one attached hydrogen (secondary N) is 2. The quantitative estimate of drug-likeness (QED) is 0.578. The molecule has 0 bridgehead atoms. The van der Waals surface area contributed by atoms with Crippen molar-refractivity contribution < 1.29 is 9.84 Å². The van der Waals surface area contributed by atoms with Crippen molar-refractivity contribution >= 4 is 11.8 Å². The van der Waals surface area contributed by atoms with Gasteiger partial charge in [0.05, 0.1) is 18.2 Å². The first kappa shape index (κ1) is 12.8. The standard InChI is InChI=1S/C11H19N5O2/c1-6(2)18-10-3-9(15-11(12)16-10)14-7-4-13-5-8(7)17/h3,6-8,13,17H,4-5H2,1-2H3,(H3,12,14,15,16)/t7-,8-/m1/s1. The number of nitrogen functional groups attached to an aromatic ring is 1. The number of hydrogen-bond donors (Lipinski definition) is 4. The van der Waals surface area contributed by atoms with E-state index >= 15 is 0 Å². The maximum Gasteiger partial charge on any atom is 0.225 e. The minimum Gasteiger partial charge on any atom is -0.475 e. The molecule has 0 aliphatic carbocycles. The van der Waals surface area contributed by atoms with E-state index < -0.39 is 6.10 Å². The molecule has 0 radical (unpaired) electrons. The number of ether oxygens (including phenoxy) is 1. The van der Waals surface area contributed by atoms with E-state index in [0.717, 1.165) is 0 Å². The van der Waals surface area contributed by atoms with Crippen molar-refractivity contribution in [3.05, 3.63) is 6.07 Å². The molecule has 2 heterocycles. The predicted octanol–water partition coefficient (Wildman–Crippen LogP) is -0.409. The molecule has 1 fully saturated rings. The van der Waals surface area contributed by atoms with Gasteiger partial charge in [-0.05, 0) is 13.8 Å². The van der Waals surface area contributed by atoms with Gasteiger partial charge in [-0.2, -0.15) is 9.97 Å². The molecule has 2 atom stereocenters. The van der Waals surface area contributed by atoms with Crippen LogP contribution in [0.5, 0.6) is 5.88 Å². The summed E-state index contributed by atoms with van der Waals surface area (Å²) in [5.74, 6) is 1.14. The summed E-state index contributed by atoms with van der Waals surface area (Å²) in [7, 11) is 0. The molecule has 7 nitrogen and oxygen atoms in total. The number of rotatable bonds is 4. The zero-order valence-electron chi connectivity index (χ0n) is 10.6. The van der Waals surface area contributed by atoms with Crippen LogP contribution in [0, 0.1) is 0 Å². The van der Waals surface area contributed by atoms with Crippen molar-refractivity contribution in [1.82, 2.24) is 15.3 Å². The van der Waals surface area contributed by atoms with Gasteiger partial charge in [-0.25, -0.2) is 0 Å². The Balaban J connectivity index is 2.09. The number of aliphatic hydroxyl groups excluding tert-OH is 1. The fourth-order valence-corrected chi connectivity index (χ4v) is 1.82. The van der Waals surface area contributed by atoms with Gasteiger partial charge in [0, 0.05) is 19.2 Å². The molecule has 100 valence electrons. The molecule has 18 heavy (non-hydrogen) atoms. The average molecular weight is 253 g/mol. The third-order valence-electron chi connectivity index (χ3n) is 2.59. The number of aliphatic hydroxyl groups is 1. The molecule has 0 spiro atoms. The summed E-state index contributed by atoms with van der Waals surface area (Å²) in [5.41, 5.74) is 5.62. The maximum atomic E-state index is 9.70. The fourth-order valence-electron chi connectivity index (χ4n) is 1.82. The highest BCUT2D eigenvalue weighted by atomic mass is 16.5. The normalized spacial score (nSPS) is 23.3. The second kappa shape index (κ2) is 5.36. The third kappa shape index (κ3) is 3.21. The monoisotopic (exact) mass is 253 g/mol. The first-order chi connectivity index (χ1) is 8.54. The van der Waals surface area contributed by atoms with Crippen LogP contribution in [0.4, 0.5) is 11.8 Å². The molecule has 0 saturated carbocycles. The molecule has 2 rings (SSSR count). The lowest BCUT2D eigenvalue weighted by atomic mass is 10.2. The lowest BCUT2D eigenvalue weighted by molar-refractivity contribution is 0.185. The molecule has 7 heteroatoms. The Labute approximate surface area is 106 Å². The third-order valence-corrected chi connectivity index (χ3v) is 2.59. The Kier molecular flexibility index (Phi) is 3.83. The summed E-state index contributed by atoms with van der Waals surface area (Å²) in [6, 6.07) is 1.60. The minimum absolute atomic E-state index is 0.0193. The van der Waals surface area contributed by atoms with E-state index in [1.54, 1.807) is 6.07 Å². The molecule has 0 amide bonds. The second-order valence-corrected chi connectivity index (χ2v) is 4.59. The summed E-state index contributed by atoms with van der Waals surface area (Å²) in [6.45, 7) is 5.09. The number of nitrogens with two attached hydrogens (primary N) is 1. The summed E-state index contributed by atoms with van der Waals surface area (Å²) >= 11 is 0. The van der Waals surface area contributed by atoms with E-state index in [-0.39, 0.29) is 18.1 Å². The smallest absolute Gasteiger partial charge is 0.225 e. The topological polar surface area (TPSA) is 105 Å². The van der Waals surface area contributed by atoms with Crippen molar-refractivity contribution in [2.24, 2.45) is 0 Å². The van der Waals surface area contributed by atoms with Crippen LogP contribution in [-0.2, 0) is 0 Å². The molecule has 1 aromatic heterocycles.